The molecule has 0 bridgehead atoms. The number of benzene rings is 1. The first-order valence-corrected chi connectivity index (χ1v) is 9.95. The summed E-state index contributed by atoms with van der Waals surface area (Å²) in [5.74, 6) is -0.0944. The predicted octanol–water partition coefficient (Wildman–Crippen LogP) is 1.65. The van der Waals surface area contributed by atoms with Crippen molar-refractivity contribution in [2.45, 2.75) is 24.8 Å². The molecule has 1 aromatic carbocycles. The molecule has 0 radical (unpaired) electrons. The molecule has 0 saturated carbocycles. The second kappa shape index (κ2) is 4.16. The SMILES string of the molecule is CC1C[C@@]2(CN1S(=O)(=O)I)C(=O)Nc1ccccc12. The second-order valence-corrected chi connectivity index (χ2v) is 9.75. The summed E-state index contributed by atoms with van der Waals surface area (Å²) in [6.45, 7) is 2.07. The maximum Gasteiger partial charge on any atom is 0.267 e. The summed E-state index contributed by atoms with van der Waals surface area (Å²) in [4.78, 5) is 12.3. The molecule has 2 aliphatic rings. The lowest BCUT2D eigenvalue weighted by molar-refractivity contribution is -0.120. The molecular formula is C12H13IN2O3S. The molecule has 2 aliphatic heterocycles. The van der Waals surface area contributed by atoms with Crippen LogP contribution in [0.15, 0.2) is 24.3 Å². The number of fused-ring (bicyclic) bond motifs is 2. The lowest BCUT2D eigenvalue weighted by atomic mass is 9.80. The van der Waals surface area contributed by atoms with Crippen LogP contribution in [0.2, 0.25) is 0 Å². The third kappa shape index (κ3) is 1.90. The minimum Gasteiger partial charge on any atom is -0.325 e. The van der Waals surface area contributed by atoms with Gasteiger partial charge in [-0.15, -0.1) is 0 Å². The molecule has 3 rings (SSSR count). The fourth-order valence-corrected chi connectivity index (χ4v) is 5.58. The Balaban J connectivity index is 2.10. The fraction of sp³-hybridized carbons (Fsp3) is 0.417. The molecule has 0 aliphatic carbocycles. The quantitative estimate of drug-likeness (QED) is 0.584. The molecule has 1 aromatic rings. The first-order valence-electron chi connectivity index (χ1n) is 5.97. The number of carbonyl (C=O) groups is 1. The number of anilines is 1. The molecule has 7 heteroatoms. The van der Waals surface area contributed by atoms with Crippen molar-refractivity contribution in [1.29, 1.82) is 0 Å². The third-order valence-corrected chi connectivity index (χ3v) is 6.53. The standard InChI is InChI=1S/C12H13IN2O3S/c1-8-6-12(7-15(8)19(13,17)18)9-4-2-3-5-10(9)14-11(12)16/h2-5,8H,6-7H2,1H3,(H,14,16)/t8?,12-/m0/s1. The van der Waals surface area contributed by atoms with Crippen LogP contribution in [0.4, 0.5) is 5.69 Å². The highest BCUT2D eigenvalue weighted by molar-refractivity contribution is 14.2. The van der Waals surface area contributed by atoms with E-state index in [4.69, 9.17) is 0 Å². The first-order chi connectivity index (χ1) is 8.84. The third-order valence-electron chi connectivity index (χ3n) is 3.97. The molecular weight excluding hydrogens is 379 g/mol. The zero-order chi connectivity index (χ0) is 13.8. The maximum atomic E-state index is 12.3. The Morgan fingerprint density at radius 3 is 2.74 bits per heavy atom. The zero-order valence-electron chi connectivity index (χ0n) is 10.3. The van der Waals surface area contributed by atoms with Gasteiger partial charge < -0.3 is 5.32 Å². The van der Waals surface area contributed by atoms with E-state index in [1.807, 2.05) is 31.2 Å². The van der Waals surface area contributed by atoms with E-state index in [1.165, 1.54) is 25.5 Å². The van der Waals surface area contributed by atoms with E-state index < -0.39 is 12.6 Å². The Hall–Kier alpha value is -0.670. The van der Waals surface area contributed by atoms with Crippen LogP contribution in [0.25, 0.3) is 0 Å². The van der Waals surface area contributed by atoms with Gasteiger partial charge in [0.1, 0.15) is 0 Å². The van der Waals surface area contributed by atoms with Crippen molar-refractivity contribution < 1.29 is 13.2 Å². The van der Waals surface area contributed by atoms with Gasteiger partial charge in [-0.1, -0.05) is 18.2 Å². The van der Waals surface area contributed by atoms with Gasteiger partial charge in [0.25, 0.3) is 7.19 Å². The number of nitrogens with one attached hydrogen (secondary N) is 1. The summed E-state index contributed by atoms with van der Waals surface area (Å²) in [7, 11) is -3.32. The van der Waals surface area contributed by atoms with E-state index in [-0.39, 0.29) is 18.5 Å². The molecule has 1 amide bonds. The van der Waals surface area contributed by atoms with Crippen LogP contribution in [0, 0.1) is 0 Å². The van der Waals surface area contributed by atoms with Gasteiger partial charge in [0.05, 0.1) is 26.6 Å². The lowest BCUT2D eigenvalue weighted by Crippen LogP contribution is -2.38. The van der Waals surface area contributed by atoms with E-state index in [2.05, 4.69) is 5.32 Å². The molecule has 19 heavy (non-hydrogen) atoms. The van der Waals surface area contributed by atoms with E-state index in [0.717, 1.165) is 11.3 Å². The van der Waals surface area contributed by atoms with Crippen molar-refractivity contribution in [3.8, 4) is 0 Å². The van der Waals surface area contributed by atoms with Crippen LogP contribution < -0.4 is 5.32 Å². The Bertz CT molecular complexity index is 661. The van der Waals surface area contributed by atoms with Gasteiger partial charge in [0.2, 0.25) is 5.91 Å². The highest BCUT2D eigenvalue weighted by Crippen LogP contribution is 2.47. The summed E-state index contributed by atoms with van der Waals surface area (Å²) in [6, 6.07) is 7.34. The predicted molar refractivity (Wildman–Crippen MR) is 80.5 cm³/mol. The molecule has 1 N–H and O–H groups in total. The van der Waals surface area contributed by atoms with Crippen LogP contribution in [0.1, 0.15) is 18.9 Å². The molecule has 1 saturated heterocycles. The van der Waals surface area contributed by atoms with Gasteiger partial charge in [-0.05, 0) is 25.0 Å². The highest BCUT2D eigenvalue weighted by atomic mass is 127. The van der Waals surface area contributed by atoms with Crippen molar-refractivity contribution >= 4 is 40.0 Å². The van der Waals surface area contributed by atoms with Crippen molar-refractivity contribution in [2.75, 3.05) is 11.9 Å². The van der Waals surface area contributed by atoms with Gasteiger partial charge in [-0.2, -0.15) is 4.31 Å². The molecule has 1 unspecified atom stereocenters. The molecule has 2 heterocycles. The molecule has 1 fully saturated rings. The summed E-state index contributed by atoms with van der Waals surface area (Å²) < 4.78 is 25.0. The van der Waals surface area contributed by atoms with Gasteiger partial charge in [0, 0.05) is 18.3 Å². The van der Waals surface area contributed by atoms with Gasteiger partial charge >= 0.3 is 0 Å². The van der Waals surface area contributed by atoms with Crippen LogP contribution in [0.5, 0.6) is 0 Å². The van der Waals surface area contributed by atoms with E-state index in [9.17, 15) is 13.2 Å². The number of hydrogen-bond acceptors (Lipinski definition) is 3. The van der Waals surface area contributed by atoms with Crippen molar-refractivity contribution in [3.63, 3.8) is 0 Å². The zero-order valence-corrected chi connectivity index (χ0v) is 13.2. The Kier molecular flexibility index (Phi) is 2.92. The average molecular weight is 392 g/mol. The number of para-hydroxylation sites is 1. The average Bonchev–Trinajstić information content (AvgIpc) is 2.80. The van der Waals surface area contributed by atoms with E-state index in [0.29, 0.717) is 6.42 Å². The molecule has 102 valence electrons. The molecule has 1 spiro atoms. The summed E-state index contributed by atoms with van der Waals surface area (Å²) in [5.41, 5.74) is 0.982. The number of carbonyl (C=O) groups excluding carboxylic acids is 1. The minimum absolute atomic E-state index is 0.0944. The Morgan fingerprint density at radius 1 is 1.42 bits per heavy atom. The summed E-state index contributed by atoms with van der Waals surface area (Å²) in [6.07, 6.45) is 0.526. The van der Waals surface area contributed by atoms with Crippen molar-refractivity contribution in [3.05, 3.63) is 29.8 Å². The number of nitrogens with zero attached hydrogens (tertiary/aromatic N) is 1. The van der Waals surface area contributed by atoms with Crippen LogP contribution in [0.3, 0.4) is 0 Å². The van der Waals surface area contributed by atoms with Crippen molar-refractivity contribution in [2.24, 2.45) is 0 Å². The number of hydrogen-bond donors (Lipinski definition) is 1. The molecule has 5 nitrogen and oxygen atoms in total. The van der Waals surface area contributed by atoms with Gasteiger partial charge in [-0.3, -0.25) is 4.79 Å². The topological polar surface area (TPSA) is 66.5 Å². The number of rotatable bonds is 1. The van der Waals surface area contributed by atoms with Crippen LogP contribution in [-0.2, 0) is 17.4 Å². The number of amides is 1. The van der Waals surface area contributed by atoms with Gasteiger partial charge in [-0.25, -0.2) is 8.42 Å². The Morgan fingerprint density at radius 2 is 2.11 bits per heavy atom. The number of halogens is 1. The molecule has 2 atom stereocenters. The van der Waals surface area contributed by atoms with E-state index in [1.54, 1.807) is 0 Å². The van der Waals surface area contributed by atoms with E-state index >= 15 is 0 Å². The van der Waals surface area contributed by atoms with Crippen LogP contribution in [-0.4, -0.2) is 31.2 Å². The monoisotopic (exact) mass is 392 g/mol. The maximum absolute atomic E-state index is 12.3. The van der Waals surface area contributed by atoms with Gasteiger partial charge in [0.15, 0.2) is 0 Å². The largest absolute Gasteiger partial charge is 0.325 e. The summed E-state index contributed by atoms with van der Waals surface area (Å²) >= 11 is 1.44. The summed E-state index contributed by atoms with van der Waals surface area (Å²) in [5, 5.41) is 2.86. The first kappa shape index (κ1) is 13.3. The normalized spacial score (nSPS) is 30.6. The Labute approximate surface area is 124 Å². The van der Waals surface area contributed by atoms with Crippen molar-refractivity contribution in [1.82, 2.24) is 4.31 Å². The highest BCUT2D eigenvalue weighted by Gasteiger charge is 2.55. The van der Waals surface area contributed by atoms with Crippen LogP contribution >= 0.6 is 21.2 Å². The lowest BCUT2D eigenvalue weighted by Gasteiger charge is -2.21. The fourth-order valence-electron chi connectivity index (χ4n) is 3.12. The second-order valence-electron chi connectivity index (χ2n) is 5.12. The minimum atomic E-state index is -3.32. The smallest absolute Gasteiger partial charge is 0.267 e. The molecule has 0 aromatic heterocycles.